The van der Waals surface area contributed by atoms with Crippen LogP contribution < -0.4 is 24.8 Å². The summed E-state index contributed by atoms with van der Waals surface area (Å²) in [6.45, 7) is 4.29. The molecule has 0 radical (unpaired) electrons. The number of aryl methyl sites for hydroxylation is 1. The third kappa shape index (κ3) is 7.08. The lowest BCUT2D eigenvalue weighted by Gasteiger charge is -2.29. The molecule has 0 bridgehead atoms. The Labute approximate surface area is 282 Å². The molecule has 240 valence electrons. The van der Waals surface area contributed by atoms with Gasteiger partial charge < -0.3 is 24.8 Å². The van der Waals surface area contributed by atoms with Crippen LogP contribution >= 0.6 is 23.4 Å². The minimum atomic E-state index is -0.636. The van der Waals surface area contributed by atoms with E-state index in [4.69, 9.17) is 35.9 Å². The van der Waals surface area contributed by atoms with Crippen LogP contribution in [-0.4, -0.2) is 34.9 Å². The highest BCUT2D eigenvalue weighted by atomic mass is 35.5. The van der Waals surface area contributed by atoms with Gasteiger partial charge in [-0.15, -0.1) is 5.10 Å². The van der Waals surface area contributed by atoms with Gasteiger partial charge in [0.1, 0.15) is 18.4 Å². The van der Waals surface area contributed by atoms with Crippen LogP contribution in [0.25, 0.3) is 0 Å². The van der Waals surface area contributed by atoms with Crippen LogP contribution in [0.3, 0.4) is 0 Å². The third-order valence-corrected chi connectivity index (χ3v) is 9.02. The van der Waals surface area contributed by atoms with Crippen molar-refractivity contribution < 1.29 is 19.0 Å². The van der Waals surface area contributed by atoms with E-state index in [-0.39, 0.29) is 5.91 Å². The molecule has 0 fully saturated rings. The number of allylic oxidation sites excluding steroid dienone is 1. The molecule has 2 N–H and O–H groups in total. The SMILES string of the molecule is COc1ccccc1NC(=O)C1=C(C)Nc2nc(SCc3ccccc3Cl)nn2C1c1ccc(OCc2ccc(C)cc2)c(OC)c1. The molecule has 6 rings (SSSR count). The van der Waals surface area contributed by atoms with E-state index in [2.05, 4.69) is 29.7 Å². The number of ether oxygens (including phenoxy) is 3. The van der Waals surface area contributed by atoms with Crippen molar-refractivity contribution in [2.45, 2.75) is 37.4 Å². The summed E-state index contributed by atoms with van der Waals surface area (Å²) in [5.74, 6) is 2.46. The number of fused-ring (bicyclic) bond motifs is 1. The number of carbonyl (C=O) groups excluding carboxylic acids is 1. The minimum Gasteiger partial charge on any atom is -0.495 e. The highest BCUT2D eigenvalue weighted by Gasteiger charge is 2.35. The molecule has 0 saturated heterocycles. The number of anilines is 2. The van der Waals surface area contributed by atoms with Crippen LogP contribution in [0.2, 0.25) is 5.02 Å². The molecule has 1 atom stereocenters. The van der Waals surface area contributed by atoms with Gasteiger partial charge in [0, 0.05) is 16.5 Å². The number of methoxy groups -OCH3 is 2. The first-order chi connectivity index (χ1) is 22.8. The number of carbonyl (C=O) groups is 1. The summed E-state index contributed by atoms with van der Waals surface area (Å²) in [4.78, 5) is 18.9. The average Bonchev–Trinajstić information content (AvgIpc) is 3.49. The van der Waals surface area contributed by atoms with E-state index in [9.17, 15) is 4.79 Å². The average molecular weight is 668 g/mol. The van der Waals surface area contributed by atoms with Crippen LogP contribution in [0.1, 0.15) is 35.2 Å². The van der Waals surface area contributed by atoms with Crippen molar-refractivity contribution in [1.82, 2.24) is 14.8 Å². The van der Waals surface area contributed by atoms with Gasteiger partial charge in [-0.1, -0.05) is 89.6 Å². The van der Waals surface area contributed by atoms with E-state index in [0.717, 1.165) is 16.7 Å². The lowest BCUT2D eigenvalue weighted by molar-refractivity contribution is -0.113. The smallest absolute Gasteiger partial charge is 0.255 e. The number of amides is 1. The molecule has 0 saturated carbocycles. The number of nitrogens with one attached hydrogen (secondary N) is 2. The van der Waals surface area contributed by atoms with Gasteiger partial charge in [-0.25, -0.2) is 4.68 Å². The quantitative estimate of drug-likeness (QED) is 0.137. The van der Waals surface area contributed by atoms with Gasteiger partial charge in [-0.2, -0.15) is 4.98 Å². The zero-order chi connectivity index (χ0) is 32.9. The predicted octanol–water partition coefficient (Wildman–Crippen LogP) is 8.06. The molecule has 4 aromatic carbocycles. The van der Waals surface area contributed by atoms with E-state index < -0.39 is 6.04 Å². The second-order valence-corrected chi connectivity index (χ2v) is 12.3. The summed E-state index contributed by atoms with van der Waals surface area (Å²) in [6.07, 6.45) is 0. The summed E-state index contributed by atoms with van der Waals surface area (Å²) < 4.78 is 19.2. The number of aromatic nitrogens is 3. The van der Waals surface area contributed by atoms with Crippen molar-refractivity contribution >= 4 is 40.9 Å². The summed E-state index contributed by atoms with van der Waals surface area (Å²) >= 11 is 7.87. The van der Waals surface area contributed by atoms with E-state index >= 15 is 0 Å². The second kappa shape index (κ2) is 14.2. The molecule has 9 nitrogen and oxygen atoms in total. The maximum atomic E-state index is 14.1. The monoisotopic (exact) mass is 667 g/mol. The molecule has 2 heterocycles. The lowest BCUT2D eigenvalue weighted by Crippen LogP contribution is -2.31. The Morgan fingerprint density at radius 2 is 1.68 bits per heavy atom. The number of halogens is 1. The fourth-order valence-electron chi connectivity index (χ4n) is 5.31. The Hall–Kier alpha value is -4.93. The van der Waals surface area contributed by atoms with Gasteiger partial charge in [0.25, 0.3) is 5.91 Å². The van der Waals surface area contributed by atoms with Crippen molar-refractivity contribution in [2.75, 3.05) is 24.9 Å². The summed E-state index contributed by atoms with van der Waals surface area (Å²) in [6, 6.07) is 28.2. The van der Waals surface area contributed by atoms with Gasteiger partial charge in [0.15, 0.2) is 11.5 Å². The number of benzene rings is 4. The van der Waals surface area contributed by atoms with Gasteiger partial charge >= 0.3 is 0 Å². The summed E-state index contributed by atoms with van der Waals surface area (Å²) in [7, 11) is 3.17. The fraction of sp³-hybridized carbons (Fsp3) is 0.194. The molecule has 1 aliphatic rings. The fourth-order valence-corrected chi connectivity index (χ4v) is 6.42. The Morgan fingerprint density at radius 1 is 0.936 bits per heavy atom. The first-order valence-corrected chi connectivity index (χ1v) is 16.3. The zero-order valence-corrected chi connectivity index (χ0v) is 28.0. The predicted molar refractivity (Wildman–Crippen MR) is 186 cm³/mol. The lowest BCUT2D eigenvalue weighted by atomic mass is 9.94. The van der Waals surface area contributed by atoms with Gasteiger partial charge in [-0.3, -0.25) is 4.79 Å². The molecule has 1 aliphatic heterocycles. The topological polar surface area (TPSA) is 99.5 Å². The number of para-hydroxylation sites is 2. The molecule has 5 aromatic rings. The first kappa shape index (κ1) is 32.0. The minimum absolute atomic E-state index is 0.311. The molecule has 1 amide bonds. The van der Waals surface area contributed by atoms with Crippen LogP contribution in [0.4, 0.5) is 11.6 Å². The standard InChI is InChI=1S/C36H34ClN5O4S/c1-22-13-15-24(16-14-22)20-46-30-18-17-25(19-31(30)45-4)33-32(34(43)39-28-11-7-8-12-29(28)44-3)23(2)38-35-40-36(41-42(33)35)47-21-26-9-5-6-10-27(26)37/h5-19,33H,20-21H2,1-4H3,(H,39,43)(H,38,40,41). The maximum Gasteiger partial charge on any atom is 0.255 e. The van der Waals surface area contributed by atoms with E-state index in [1.165, 1.54) is 17.3 Å². The highest BCUT2D eigenvalue weighted by molar-refractivity contribution is 7.98. The zero-order valence-electron chi connectivity index (χ0n) is 26.4. The van der Waals surface area contributed by atoms with E-state index in [1.807, 2.05) is 73.7 Å². The van der Waals surface area contributed by atoms with Crippen molar-refractivity contribution in [1.29, 1.82) is 0 Å². The number of nitrogens with zero attached hydrogens (tertiary/aromatic N) is 3. The van der Waals surface area contributed by atoms with E-state index in [1.54, 1.807) is 31.0 Å². The highest BCUT2D eigenvalue weighted by Crippen LogP contribution is 2.40. The van der Waals surface area contributed by atoms with Crippen molar-refractivity contribution in [3.63, 3.8) is 0 Å². The van der Waals surface area contributed by atoms with Crippen LogP contribution in [0.15, 0.2) is 107 Å². The molecular formula is C36H34ClN5O4S. The summed E-state index contributed by atoms with van der Waals surface area (Å²) in [5, 5.41) is 12.4. The molecule has 1 aromatic heterocycles. The Bertz CT molecular complexity index is 1940. The maximum absolute atomic E-state index is 14.1. The van der Waals surface area contributed by atoms with Gasteiger partial charge in [0.2, 0.25) is 11.1 Å². The number of thioether (sulfide) groups is 1. The van der Waals surface area contributed by atoms with Gasteiger partial charge in [-0.05, 0) is 60.9 Å². The molecular weight excluding hydrogens is 634 g/mol. The first-order valence-electron chi connectivity index (χ1n) is 15.0. The van der Waals surface area contributed by atoms with Crippen molar-refractivity contribution in [3.8, 4) is 17.2 Å². The Balaban J connectivity index is 1.35. The third-order valence-electron chi connectivity index (χ3n) is 7.77. The molecule has 47 heavy (non-hydrogen) atoms. The van der Waals surface area contributed by atoms with Gasteiger partial charge in [0.05, 0.1) is 25.5 Å². The van der Waals surface area contributed by atoms with E-state index in [0.29, 0.717) is 62.7 Å². The second-order valence-electron chi connectivity index (χ2n) is 10.9. The Morgan fingerprint density at radius 3 is 2.45 bits per heavy atom. The normalized spacial score (nSPS) is 13.9. The molecule has 1 unspecified atom stereocenters. The number of rotatable bonds is 11. The van der Waals surface area contributed by atoms with Crippen LogP contribution in [0, 0.1) is 6.92 Å². The van der Waals surface area contributed by atoms with Crippen LogP contribution in [0.5, 0.6) is 17.2 Å². The largest absolute Gasteiger partial charge is 0.495 e. The number of hydrogen-bond donors (Lipinski definition) is 2. The molecule has 0 spiro atoms. The Kier molecular flexibility index (Phi) is 9.70. The molecule has 11 heteroatoms. The van der Waals surface area contributed by atoms with Crippen LogP contribution in [-0.2, 0) is 17.2 Å². The van der Waals surface area contributed by atoms with Crippen molar-refractivity contribution in [2.24, 2.45) is 0 Å². The number of hydrogen-bond acceptors (Lipinski definition) is 8. The van der Waals surface area contributed by atoms with Crippen molar-refractivity contribution in [3.05, 3.63) is 130 Å². The molecule has 0 aliphatic carbocycles. The summed E-state index contributed by atoms with van der Waals surface area (Å²) in [5.41, 5.74) is 5.64.